The Balaban J connectivity index is 2.63. The van der Waals surface area contributed by atoms with Crippen LogP contribution in [-0.4, -0.2) is 28.7 Å². The molecule has 1 aromatic rings. The van der Waals surface area contributed by atoms with Crippen LogP contribution in [0.1, 0.15) is 33.3 Å². The van der Waals surface area contributed by atoms with Gasteiger partial charge in [0.25, 0.3) is 0 Å². The highest BCUT2D eigenvalue weighted by Gasteiger charge is 2.21. The summed E-state index contributed by atoms with van der Waals surface area (Å²) >= 11 is 0. The molecule has 6 nitrogen and oxygen atoms in total. The Hall–Kier alpha value is -2.15. The number of hydrogen-bond acceptors (Lipinski definition) is 4. The first-order valence-corrected chi connectivity index (χ1v) is 6.82. The van der Waals surface area contributed by atoms with Gasteiger partial charge >= 0.3 is 6.09 Å². The van der Waals surface area contributed by atoms with Crippen molar-refractivity contribution in [3.8, 4) is 0 Å². The van der Waals surface area contributed by atoms with E-state index in [-0.39, 0.29) is 12.3 Å². The molecule has 0 aliphatic heterocycles. The van der Waals surface area contributed by atoms with E-state index >= 15 is 0 Å². The van der Waals surface area contributed by atoms with E-state index in [1.165, 1.54) is 19.1 Å². The summed E-state index contributed by atoms with van der Waals surface area (Å²) < 4.78 is 18.7. The molecule has 0 aliphatic carbocycles. The minimum Gasteiger partial charge on any atom is -0.444 e. The molecule has 0 fully saturated rings. The van der Waals surface area contributed by atoms with Crippen LogP contribution in [0.2, 0.25) is 0 Å². The van der Waals surface area contributed by atoms with Gasteiger partial charge in [0, 0.05) is 0 Å². The lowest BCUT2D eigenvalue weighted by Gasteiger charge is -2.21. The first kappa shape index (κ1) is 17.9. The molecule has 0 bridgehead atoms. The maximum atomic E-state index is 13.7. The minimum atomic E-state index is -0.897. The number of aliphatic hydroxyl groups is 1. The zero-order chi connectivity index (χ0) is 16.9. The number of nitrogens with one attached hydrogen (secondary N) is 2. The zero-order valence-electron chi connectivity index (χ0n) is 13.1. The number of benzene rings is 1. The van der Waals surface area contributed by atoms with Crippen LogP contribution < -0.4 is 10.6 Å². The van der Waals surface area contributed by atoms with Crippen molar-refractivity contribution in [2.75, 3.05) is 5.32 Å². The summed E-state index contributed by atoms with van der Waals surface area (Å²) in [5.74, 6) is -1.24. The smallest absolute Gasteiger partial charge is 0.408 e. The Kier molecular flexibility index (Phi) is 5.87. The molecule has 0 spiro atoms. The minimum absolute atomic E-state index is 0.0277. The van der Waals surface area contributed by atoms with Gasteiger partial charge in [0.05, 0.1) is 12.3 Å². The summed E-state index contributed by atoms with van der Waals surface area (Å²) in [5.41, 5.74) is -0.303. The second-order valence-electron chi connectivity index (χ2n) is 5.83. The van der Waals surface area contributed by atoms with Crippen LogP contribution >= 0.6 is 0 Å². The number of aliphatic hydroxyl groups excluding tert-OH is 1. The largest absolute Gasteiger partial charge is 0.444 e. The molecular weight excluding hydrogens is 291 g/mol. The van der Waals surface area contributed by atoms with E-state index in [0.29, 0.717) is 5.56 Å². The maximum Gasteiger partial charge on any atom is 0.408 e. The molecule has 0 radical (unpaired) electrons. The second-order valence-corrected chi connectivity index (χ2v) is 5.83. The van der Waals surface area contributed by atoms with Gasteiger partial charge in [0.2, 0.25) is 5.91 Å². The van der Waals surface area contributed by atoms with E-state index in [4.69, 9.17) is 9.84 Å². The van der Waals surface area contributed by atoms with Gasteiger partial charge < -0.3 is 20.5 Å². The van der Waals surface area contributed by atoms with E-state index in [1.54, 1.807) is 20.8 Å². The number of carbonyl (C=O) groups is 2. The molecule has 22 heavy (non-hydrogen) atoms. The number of ether oxygens (including phenoxy) is 1. The van der Waals surface area contributed by atoms with Gasteiger partial charge in [-0.2, -0.15) is 0 Å². The Bertz CT molecular complexity index is 555. The summed E-state index contributed by atoms with van der Waals surface area (Å²) in [6.45, 7) is 6.28. The molecule has 0 saturated heterocycles. The van der Waals surface area contributed by atoms with Gasteiger partial charge in [-0.05, 0) is 45.4 Å². The Morgan fingerprint density at radius 3 is 2.50 bits per heavy atom. The number of anilines is 1. The van der Waals surface area contributed by atoms with Crippen molar-refractivity contribution in [3.63, 3.8) is 0 Å². The van der Waals surface area contributed by atoms with Gasteiger partial charge in [-0.25, -0.2) is 9.18 Å². The van der Waals surface area contributed by atoms with Gasteiger partial charge in [-0.3, -0.25) is 4.79 Å². The third-order valence-electron chi connectivity index (χ3n) is 2.60. The van der Waals surface area contributed by atoms with Crippen molar-refractivity contribution in [1.82, 2.24) is 5.32 Å². The third-order valence-corrected chi connectivity index (χ3v) is 2.60. The number of alkyl carbamates (subject to hydrolysis) is 1. The Morgan fingerprint density at radius 2 is 2.00 bits per heavy atom. The van der Waals surface area contributed by atoms with Gasteiger partial charge in [-0.1, -0.05) is 6.07 Å². The van der Waals surface area contributed by atoms with E-state index in [1.807, 2.05) is 0 Å². The third kappa shape index (κ3) is 5.69. The van der Waals surface area contributed by atoms with Crippen molar-refractivity contribution < 1.29 is 23.8 Å². The normalized spacial score (nSPS) is 12.5. The van der Waals surface area contributed by atoms with Crippen molar-refractivity contribution >= 4 is 17.7 Å². The molecular formula is C15H21FN2O4. The monoisotopic (exact) mass is 312 g/mol. The molecule has 0 saturated carbocycles. The summed E-state index contributed by atoms with van der Waals surface area (Å²) in [7, 11) is 0. The van der Waals surface area contributed by atoms with Crippen LogP contribution in [0, 0.1) is 5.82 Å². The number of amides is 2. The van der Waals surface area contributed by atoms with E-state index in [2.05, 4.69) is 10.6 Å². The fourth-order valence-corrected chi connectivity index (χ4v) is 1.55. The van der Waals surface area contributed by atoms with Crippen LogP contribution in [0.5, 0.6) is 0 Å². The van der Waals surface area contributed by atoms with Crippen LogP contribution in [0.25, 0.3) is 0 Å². The molecule has 0 aromatic heterocycles. The molecule has 1 aromatic carbocycles. The molecule has 0 unspecified atom stereocenters. The zero-order valence-corrected chi connectivity index (χ0v) is 13.1. The quantitative estimate of drug-likeness (QED) is 0.795. The highest BCUT2D eigenvalue weighted by molar-refractivity contribution is 5.96. The predicted octanol–water partition coefficient (Wildman–Crippen LogP) is 2.17. The van der Waals surface area contributed by atoms with Crippen molar-refractivity contribution in [2.45, 2.75) is 45.9 Å². The SMILES string of the molecule is C[C@H](NC(=O)OC(C)(C)C)C(=O)Nc1ccc(CO)cc1F. The Labute approximate surface area is 128 Å². The summed E-state index contributed by atoms with van der Waals surface area (Å²) in [6, 6.07) is 3.07. The number of halogens is 1. The molecule has 2 amide bonds. The summed E-state index contributed by atoms with van der Waals surface area (Å²) in [6.07, 6.45) is -0.730. The molecule has 0 heterocycles. The average Bonchev–Trinajstić information content (AvgIpc) is 2.38. The van der Waals surface area contributed by atoms with Crippen molar-refractivity contribution in [3.05, 3.63) is 29.6 Å². The van der Waals surface area contributed by atoms with Gasteiger partial charge in [-0.15, -0.1) is 0 Å². The van der Waals surface area contributed by atoms with Crippen LogP contribution in [-0.2, 0) is 16.1 Å². The molecule has 0 aliphatic rings. The number of hydrogen-bond donors (Lipinski definition) is 3. The molecule has 1 rings (SSSR count). The lowest BCUT2D eigenvalue weighted by Crippen LogP contribution is -2.44. The van der Waals surface area contributed by atoms with E-state index < -0.39 is 29.5 Å². The molecule has 3 N–H and O–H groups in total. The lowest BCUT2D eigenvalue weighted by molar-refractivity contribution is -0.117. The number of carbonyl (C=O) groups excluding carboxylic acids is 2. The molecule has 1 atom stereocenters. The predicted molar refractivity (Wildman–Crippen MR) is 79.8 cm³/mol. The fourth-order valence-electron chi connectivity index (χ4n) is 1.55. The lowest BCUT2D eigenvalue weighted by atomic mass is 10.2. The molecule has 122 valence electrons. The second kappa shape index (κ2) is 7.22. The van der Waals surface area contributed by atoms with Crippen molar-refractivity contribution in [1.29, 1.82) is 0 Å². The molecule has 7 heteroatoms. The van der Waals surface area contributed by atoms with Crippen LogP contribution in [0.15, 0.2) is 18.2 Å². The first-order valence-electron chi connectivity index (χ1n) is 6.82. The van der Waals surface area contributed by atoms with E-state index in [9.17, 15) is 14.0 Å². The topological polar surface area (TPSA) is 87.7 Å². The van der Waals surface area contributed by atoms with Crippen LogP contribution in [0.3, 0.4) is 0 Å². The highest BCUT2D eigenvalue weighted by Crippen LogP contribution is 2.16. The van der Waals surface area contributed by atoms with Crippen molar-refractivity contribution in [2.24, 2.45) is 0 Å². The van der Waals surface area contributed by atoms with Crippen LogP contribution in [0.4, 0.5) is 14.9 Å². The maximum absolute atomic E-state index is 13.7. The number of rotatable bonds is 4. The summed E-state index contributed by atoms with van der Waals surface area (Å²) in [5, 5.41) is 13.6. The fraction of sp³-hybridized carbons (Fsp3) is 0.467. The first-order chi connectivity index (χ1) is 10.1. The Morgan fingerprint density at radius 1 is 1.36 bits per heavy atom. The summed E-state index contributed by atoms with van der Waals surface area (Å²) in [4.78, 5) is 23.5. The highest BCUT2D eigenvalue weighted by atomic mass is 19.1. The average molecular weight is 312 g/mol. The van der Waals surface area contributed by atoms with Gasteiger partial charge in [0.1, 0.15) is 17.5 Å². The standard InChI is InChI=1S/C15H21FN2O4/c1-9(17-14(21)22-15(2,3)4)13(20)18-12-6-5-10(8-19)7-11(12)16/h5-7,9,19H,8H2,1-4H3,(H,17,21)(H,18,20)/t9-/m0/s1. The van der Waals surface area contributed by atoms with Gasteiger partial charge in [0.15, 0.2) is 0 Å². The van der Waals surface area contributed by atoms with E-state index in [0.717, 1.165) is 6.07 Å².